The van der Waals surface area contributed by atoms with Gasteiger partial charge in [0.25, 0.3) is 0 Å². The predicted molar refractivity (Wildman–Crippen MR) is 81.5 cm³/mol. The lowest BCUT2D eigenvalue weighted by molar-refractivity contribution is 0.0290. The van der Waals surface area contributed by atoms with Crippen LogP contribution in [0.4, 0.5) is 4.79 Å². The molecule has 116 valence electrons. The number of amides is 1. The van der Waals surface area contributed by atoms with Crippen LogP contribution in [0.1, 0.15) is 32.3 Å². The zero-order valence-electron chi connectivity index (χ0n) is 13.1. The van der Waals surface area contributed by atoms with Crippen LogP contribution in [0.25, 0.3) is 0 Å². The highest BCUT2D eigenvalue weighted by molar-refractivity contribution is 5.69. The van der Waals surface area contributed by atoms with Crippen LogP contribution in [-0.2, 0) is 4.74 Å². The average Bonchev–Trinajstić information content (AvgIpc) is 2.79. The monoisotopic (exact) mass is 292 g/mol. The Hall–Kier alpha value is -1.75. The number of hydrogen-bond donors (Lipinski definition) is 1. The van der Waals surface area contributed by atoms with E-state index in [-0.39, 0.29) is 18.1 Å². The zero-order valence-corrected chi connectivity index (χ0v) is 13.1. The number of para-hydroxylation sites is 1. The van der Waals surface area contributed by atoms with E-state index in [1.807, 2.05) is 45.0 Å². The van der Waals surface area contributed by atoms with E-state index in [1.54, 1.807) is 12.0 Å². The molecule has 2 rings (SSSR count). The number of methoxy groups -OCH3 is 1. The van der Waals surface area contributed by atoms with Crippen LogP contribution in [0.5, 0.6) is 5.75 Å². The van der Waals surface area contributed by atoms with Crippen molar-refractivity contribution in [3.8, 4) is 5.75 Å². The van der Waals surface area contributed by atoms with Gasteiger partial charge < -0.3 is 20.1 Å². The second-order valence-electron chi connectivity index (χ2n) is 6.40. The third-order valence-corrected chi connectivity index (χ3v) is 3.56. The summed E-state index contributed by atoms with van der Waals surface area (Å²) >= 11 is 0. The van der Waals surface area contributed by atoms with Gasteiger partial charge in [-0.25, -0.2) is 4.79 Å². The van der Waals surface area contributed by atoms with Crippen LogP contribution in [-0.4, -0.2) is 42.8 Å². The molecule has 5 heteroatoms. The number of ether oxygens (including phenoxy) is 2. The summed E-state index contributed by atoms with van der Waals surface area (Å²) in [7, 11) is 1.64. The van der Waals surface area contributed by atoms with Gasteiger partial charge in [0.1, 0.15) is 11.4 Å². The molecule has 5 nitrogen and oxygen atoms in total. The molecule has 0 radical (unpaired) electrons. The van der Waals surface area contributed by atoms with Crippen molar-refractivity contribution in [1.29, 1.82) is 0 Å². The van der Waals surface area contributed by atoms with Gasteiger partial charge >= 0.3 is 6.09 Å². The Kier molecular flexibility index (Phi) is 4.42. The highest BCUT2D eigenvalue weighted by atomic mass is 16.6. The molecule has 0 saturated carbocycles. The molecule has 1 aromatic rings. The van der Waals surface area contributed by atoms with Gasteiger partial charge in [-0.05, 0) is 26.8 Å². The maximum Gasteiger partial charge on any atom is 0.410 e. The molecule has 21 heavy (non-hydrogen) atoms. The Morgan fingerprint density at radius 2 is 1.95 bits per heavy atom. The first-order valence-electron chi connectivity index (χ1n) is 7.18. The minimum Gasteiger partial charge on any atom is -0.496 e. The van der Waals surface area contributed by atoms with Crippen molar-refractivity contribution in [3.05, 3.63) is 29.8 Å². The van der Waals surface area contributed by atoms with Gasteiger partial charge in [0, 0.05) is 30.6 Å². The van der Waals surface area contributed by atoms with Crippen LogP contribution >= 0.6 is 0 Å². The topological polar surface area (TPSA) is 64.8 Å². The molecule has 1 saturated heterocycles. The zero-order chi connectivity index (χ0) is 15.6. The second kappa shape index (κ2) is 5.93. The van der Waals surface area contributed by atoms with E-state index in [9.17, 15) is 4.79 Å². The van der Waals surface area contributed by atoms with Gasteiger partial charge in [-0.3, -0.25) is 0 Å². The molecular formula is C16H24N2O3. The molecule has 1 heterocycles. The standard InChI is InChI=1S/C16H24N2O3/c1-16(2,3)21-15(19)18-9-12(13(17)10-18)11-7-5-6-8-14(11)20-4/h5-8,12-13H,9-10,17H2,1-4H3/t12-,13+/m0/s1. The summed E-state index contributed by atoms with van der Waals surface area (Å²) in [4.78, 5) is 13.8. The van der Waals surface area contributed by atoms with Gasteiger partial charge in [-0.2, -0.15) is 0 Å². The normalized spacial score (nSPS) is 22.2. The summed E-state index contributed by atoms with van der Waals surface area (Å²) in [5.74, 6) is 0.873. The fourth-order valence-electron chi connectivity index (χ4n) is 2.61. The summed E-state index contributed by atoms with van der Waals surface area (Å²) in [6, 6.07) is 7.68. The van der Waals surface area contributed by atoms with Crippen LogP contribution in [0.2, 0.25) is 0 Å². The first-order valence-corrected chi connectivity index (χ1v) is 7.18. The number of carbonyl (C=O) groups excluding carboxylic acids is 1. The molecule has 0 aliphatic carbocycles. The van der Waals surface area contributed by atoms with E-state index in [4.69, 9.17) is 15.2 Å². The van der Waals surface area contributed by atoms with E-state index >= 15 is 0 Å². The van der Waals surface area contributed by atoms with Crippen molar-refractivity contribution >= 4 is 6.09 Å². The average molecular weight is 292 g/mol. The van der Waals surface area contributed by atoms with Crippen molar-refractivity contribution in [3.63, 3.8) is 0 Å². The minimum absolute atomic E-state index is 0.0636. The molecule has 2 N–H and O–H groups in total. The fourth-order valence-corrected chi connectivity index (χ4v) is 2.61. The summed E-state index contributed by atoms with van der Waals surface area (Å²) in [5.41, 5.74) is 6.77. The maximum absolute atomic E-state index is 12.2. The fraction of sp³-hybridized carbons (Fsp3) is 0.562. The summed E-state index contributed by atoms with van der Waals surface area (Å²) in [5, 5.41) is 0. The minimum atomic E-state index is -0.496. The second-order valence-corrected chi connectivity index (χ2v) is 6.40. The van der Waals surface area contributed by atoms with Gasteiger partial charge in [-0.15, -0.1) is 0 Å². The quantitative estimate of drug-likeness (QED) is 0.909. The Morgan fingerprint density at radius 3 is 2.57 bits per heavy atom. The lowest BCUT2D eigenvalue weighted by Gasteiger charge is -2.24. The molecule has 1 aliphatic heterocycles. The van der Waals surface area contributed by atoms with Crippen molar-refractivity contribution in [2.75, 3.05) is 20.2 Å². The molecule has 1 fully saturated rings. The van der Waals surface area contributed by atoms with Gasteiger partial charge in [0.2, 0.25) is 0 Å². The summed E-state index contributed by atoms with van der Waals surface area (Å²) in [6.45, 7) is 6.63. The predicted octanol–water partition coefficient (Wildman–Crippen LogP) is 2.36. The van der Waals surface area contributed by atoms with Crippen LogP contribution < -0.4 is 10.5 Å². The van der Waals surface area contributed by atoms with Crippen molar-refractivity contribution in [2.45, 2.75) is 38.3 Å². The van der Waals surface area contributed by atoms with Crippen LogP contribution in [0.3, 0.4) is 0 Å². The first kappa shape index (κ1) is 15.6. The smallest absolute Gasteiger partial charge is 0.410 e. The number of likely N-dealkylation sites (tertiary alicyclic amines) is 1. The van der Waals surface area contributed by atoms with E-state index in [1.165, 1.54) is 0 Å². The Morgan fingerprint density at radius 1 is 1.29 bits per heavy atom. The first-order chi connectivity index (χ1) is 9.81. The molecule has 0 spiro atoms. The van der Waals surface area contributed by atoms with E-state index in [2.05, 4.69) is 0 Å². The molecule has 2 atom stereocenters. The number of hydrogen-bond acceptors (Lipinski definition) is 4. The molecule has 1 aromatic carbocycles. The Balaban J connectivity index is 2.13. The number of nitrogens with zero attached hydrogens (tertiary/aromatic N) is 1. The Labute approximate surface area is 126 Å². The van der Waals surface area contributed by atoms with E-state index in [0.29, 0.717) is 13.1 Å². The largest absolute Gasteiger partial charge is 0.496 e. The lowest BCUT2D eigenvalue weighted by Crippen LogP contribution is -2.36. The lowest BCUT2D eigenvalue weighted by atomic mass is 9.94. The van der Waals surface area contributed by atoms with Gasteiger partial charge in [0.05, 0.1) is 7.11 Å². The highest BCUT2D eigenvalue weighted by Gasteiger charge is 2.37. The van der Waals surface area contributed by atoms with Crippen LogP contribution in [0.15, 0.2) is 24.3 Å². The summed E-state index contributed by atoms with van der Waals surface area (Å²) in [6.07, 6.45) is -0.310. The third-order valence-electron chi connectivity index (χ3n) is 3.56. The van der Waals surface area contributed by atoms with E-state index < -0.39 is 5.60 Å². The third kappa shape index (κ3) is 3.67. The van der Waals surface area contributed by atoms with Crippen molar-refractivity contribution in [2.24, 2.45) is 5.73 Å². The SMILES string of the molecule is COc1ccccc1[C@@H]1CN(C(=O)OC(C)(C)C)C[C@H]1N. The molecular weight excluding hydrogens is 268 g/mol. The van der Waals surface area contributed by atoms with Crippen LogP contribution in [0, 0.1) is 0 Å². The maximum atomic E-state index is 12.2. The molecule has 1 aliphatic rings. The van der Waals surface area contributed by atoms with Crippen molar-refractivity contribution in [1.82, 2.24) is 4.90 Å². The van der Waals surface area contributed by atoms with Crippen molar-refractivity contribution < 1.29 is 14.3 Å². The summed E-state index contributed by atoms with van der Waals surface area (Å²) < 4.78 is 10.8. The molecule has 0 aromatic heterocycles. The Bertz CT molecular complexity index is 510. The number of benzene rings is 1. The number of rotatable bonds is 2. The molecule has 1 amide bonds. The molecule has 0 bridgehead atoms. The highest BCUT2D eigenvalue weighted by Crippen LogP contribution is 2.33. The van der Waals surface area contributed by atoms with E-state index in [0.717, 1.165) is 11.3 Å². The number of nitrogens with two attached hydrogens (primary N) is 1. The van der Waals surface area contributed by atoms with Gasteiger partial charge in [0.15, 0.2) is 0 Å². The van der Waals surface area contributed by atoms with Gasteiger partial charge in [-0.1, -0.05) is 18.2 Å². The molecule has 0 unspecified atom stereocenters. The number of carbonyl (C=O) groups is 1.